The zero-order chi connectivity index (χ0) is 13.2. The van der Waals surface area contributed by atoms with E-state index in [1.54, 1.807) is 12.1 Å². The molecule has 0 bridgehead atoms. The maximum absolute atomic E-state index is 11.6. The second-order valence-electron chi connectivity index (χ2n) is 4.58. The third-order valence-electron chi connectivity index (χ3n) is 3.22. The van der Waals surface area contributed by atoms with Crippen molar-refractivity contribution in [1.29, 1.82) is 0 Å². The lowest BCUT2D eigenvalue weighted by Crippen LogP contribution is -2.20. The Morgan fingerprint density at radius 3 is 3.11 bits per heavy atom. The summed E-state index contributed by atoms with van der Waals surface area (Å²) in [5.74, 6) is -1.01. The van der Waals surface area contributed by atoms with Gasteiger partial charge in [-0.25, -0.2) is 0 Å². The van der Waals surface area contributed by atoms with Crippen LogP contribution < -0.4 is 10.0 Å². The third kappa shape index (κ3) is 2.65. The Labute approximate surface area is 115 Å². The number of ketones is 1. The van der Waals surface area contributed by atoms with Gasteiger partial charge in [0.2, 0.25) is 0 Å². The van der Waals surface area contributed by atoms with Crippen molar-refractivity contribution in [3.63, 3.8) is 0 Å². The maximum Gasteiger partial charge on any atom is 0.296 e. The topological polar surface area (TPSA) is 67.4 Å². The molecule has 1 unspecified atom stereocenters. The molecule has 0 aliphatic carbocycles. The number of fused-ring (bicyclic) bond motifs is 1. The standard InChI is InChI=1S/C13H14N2O3S/c16-12-10-6-9(3-4-11(10)15-13(12)17)19-14-7-8-2-1-5-18-8/h3-4,6,8,14H,1-2,5,7H2,(H,15,16,17). The van der Waals surface area contributed by atoms with Gasteiger partial charge in [-0.2, -0.15) is 0 Å². The van der Waals surface area contributed by atoms with Crippen LogP contribution in [0.15, 0.2) is 23.1 Å². The molecule has 2 N–H and O–H groups in total. The van der Waals surface area contributed by atoms with Crippen molar-refractivity contribution in [3.8, 4) is 0 Å². The second kappa shape index (κ2) is 5.32. The maximum atomic E-state index is 11.6. The highest BCUT2D eigenvalue weighted by molar-refractivity contribution is 7.97. The summed E-state index contributed by atoms with van der Waals surface area (Å²) in [6, 6.07) is 5.38. The molecule has 0 spiro atoms. The molecule has 19 heavy (non-hydrogen) atoms. The van der Waals surface area contributed by atoms with Gasteiger partial charge in [-0.1, -0.05) is 0 Å². The van der Waals surface area contributed by atoms with Crippen LogP contribution in [0.3, 0.4) is 0 Å². The fourth-order valence-corrected chi connectivity index (χ4v) is 2.96. The average Bonchev–Trinajstić information content (AvgIpc) is 3.01. The van der Waals surface area contributed by atoms with Crippen LogP contribution in [0.1, 0.15) is 23.2 Å². The number of anilines is 1. The Morgan fingerprint density at radius 2 is 2.32 bits per heavy atom. The Bertz CT molecular complexity index is 527. The molecule has 1 saturated heterocycles. The molecule has 0 radical (unpaired) electrons. The van der Waals surface area contributed by atoms with Crippen molar-refractivity contribution in [2.45, 2.75) is 23.8 Å². The van der Waals surface area contributed by atoms with Crippen LogP contribution in [-0.4, -0.2) is 30.9 Å². The van der Waals surface area contributed by atoms with E-state index in [4.69, 9.17) is 4.74 Å². The van der Waals surface area contributed by atoms with Gasteiger partial charge in [0.05, 0.1) is 17.4 Å². The fraction of sp³-hybridized carbons (Fsp3) is 0.385. The van der Waals surface area contributed by atoms with Crippen LogP contribution in [0.5, 0.6) is 0 Å². The first kappa shape index (κ1) is 12.7. The largest absolute Gasteiger partial charge is 0.377 e. The van der Waals surface area contributed by atoms with Crippen LogP contribution in [0.4, 0.5) is 5.69 Å². The average molecular weight is 278 g/mol. The summed E-state index contributed by atoms with van der Waals surface area (Å²) in [6.45, 7) is 1.63. The van der Waals surface area contributed by atoms with Gasteiger partial charge in [0.25, 0.3) is 11.7 Å². The molecule has 1 aromatic rings. The third-order valence-corrected chi connectivity index (χ3v) is 4.02. The molecule has 2 aliphatic rings. The zero-order valence-electron chi connectivity index (χ0n) is 10.3. The predicted molar refractivity (Wildman–Crippen MR) is 72.2 cm³/mol. The Hall–Kier alpha value is -1.37. The quantitative estimate of drug-likeness (QED) is 0.647. The van der Waals surface area contributed by atoms with Crippen LogP contribution >= 0.6 is 11.9 Å². The molecule has 2 heterocycles. The van der Waals surface area contributed by atoms with Gasteiger partial charge >= 0.3 is 0 Å². The van der Waals surface area contributed by atoms with E-state index in [1.807, 2.05) is 6.07 Å². The van der Waals surface area contributed by atoms with Crippen molar-refractivity contribution in [2.75, 3.05) is 18.5 Å². The summed E-state index contributed by atoms with van der Waals surface area (Å²) < 4.78 is 8.75. The fourth-order valence-electron chi connectivity index (χ4n) is 2.21. The normalized spacial score (nSPS) is 21.6. The molecule has 5 nitrogen and oxygen atoms in total. The number of hydrogen-bond donors (Lipinski definition) is 2. The summed E-state index contributed by atoms with van der Waals surface area (Å²) in [7, 11) is 0. The van der Waals surface area contributed by atoms with E-state index in [1.165, 1.54) is 11.9 Å². The summed E-state index contributed by atoms with van der Waals surface area (Å²) >= 11 is 1.46. The minimum atomic E-state index is -0.551. The van der Waals surface area contributed by atoms with Crippen LogP contribution in [-0.2, 0) is 9.53 Å². The molecular formula is C13H14N2O3S. The summed E-state index contributed by atoms with van der Waals surface area (Å²) in [6.07, 6.45) is 2.50. The molecule has 3 rings (SSSR count). The molecule has 100 valence electrons. The van der Waals surface area contributed by atoms with Crippen LogP contribution in [0.2, 0.25) is 0 Å². The number of benzene rings is 1. The van der Waals surface area contributed by atoms with Gasteiger partial charge in [-0.15, -0.1) is 0 Å². The number of rotatable bonds is 4. The summed E-state index contributed by atoms with van der Waals surface area (Å²) in [4.78, 5) is 23.7. The van der Waals surface area contributed by atoms with E-state index in [2.05, 4.69) is 10.0 Å². The highest BCUT2D eigenvalue weighted by Gasteiger charge is 2.27. The van der Waals surface area contributed by atoms with Gasteiger partial charge in [0, 0.05) is 18.0 Å². The van der Waals surface area contributed by atoms with E-state index >= 15 is 0 Å². The number of nitrogens with one attached hydrogen (secondary N) is 2. The highest BCUT2D eigenvalue weighted by atomic mass is 32.2. The van der Waals surface area contributed by atoms with Gasteiger partial charge in [-0.05, 0) is 43.0 Å². The van der Waals surface area contributed by atoms with E-state index in [9.17, 15) is 9.59 Å². The summed E-state index contributed by atoms with van der Waals surface area (Å²) in [5.41, 5.74) is 1.05. The molecule has 1 amide bonds. The molecular weight excluding hydrogens is 264 g/mol. The van der Waals surface area contributed by atoms with Crippen molar-refractivity contribution in [3.05, 3.63) is 23.8 Å². The Morgan fingerprint density at radius 1 is 1.42 bits per heavy atom. The SMILES string of the molecule is O=C1Nc2ccc(SNCC3CCCO3)cc2C1=O. The number of hydrogen-bond acceptors (Lipinski definition) is 5. The van der Waals surface area contributed by atoms with Crippen molar-refractivity contribution in [1.82, 2.24) is 4.72 Å². The van der Waals surface area contributed by atoms with Crippen LogP contribution in [0, 0.1) is 0 Å². The Balaban J connectivity index is 1.60. The lowest BCUT2D eigenvalue weighted by Gasteiger charge is -2.10. The number of carbonyl (C=O) groups is 2. The molecule has 1 fully saturated rings. The van der Waals surface area contributed by atoms with Crippen molar-refractivity contribution >= 4 is 29.3 Å². The van der Waals surface area contributed by atoms with Gasteiger partial charge in [0.15, 0.2) is 0 Å². The van der Waals surface area contributed by atoms with Gasteiger partial charge < -0.3 is 10.1 Å². The lowest BCUT2D eigenvalue weighted by atomic mass is 10.1. The van der Waals surface area contributed by atoms with Gasteiger partial charge in [-0.3, -0.25) is 14.3 Å². The van der Waals surface area contributed by atoms with E-state index < -0.39 is 11.7 Å². The number of amides is 1. The molecule has 0 saturated carbocycles. The number of Topliss-reactive ketones (excluding diaryl/α,β-unsaturated/α-hetero) is 1. The van der Waals surface area contributed by atoms with E-state index in [0.29, 0.717) is 11.3 Å². The van der Waals surface area contributed by atoms with E-state index in [0.717, 1.165) is 30.9 Å². The molecule has 6 heteroatoms. The zero-order valence-corrected chi connectivity index (χ0v) is 11.1. The molecule has 1 atom stereocenters. The first-order valence-electron chi connectivity index (χ1n) is 6.25. The van der Waals surface area contributed by atoms with Crippen molar-refractivity contribution in [2.24, 2.45) is 0 Å². The number of ether oxygens (including phenoxy) is 1. The first-order chi connectivity index (χ1) is 9.24. The minimum Gasteiger partial charge on any atom is -0.377 e. The number of carbonyl (C=O) groups excluding carboxylic acids is 2. The lowest BCUT2D eigenvalue weighted by molar-refractivity contribution is -0.112. The van der Waals surface area contributed by atoms with Crippen LogP contribution in [0.25, 0.3) is 0 Å². The molecule has 1 aromatic carbocycles. The first-order valence-corrected chi connectivity index (χ1v) is 7.07. The highest BCUT2D eigenvalue weighted by Crippen LogP contribution is 2.27. The summed E-state index contributed by atoms with van der Waals surface area (Å²) in [5, 5.41) is 2.54. The molecule has 2 aliphatic heterocycles. The van der Waals surface area contributed by atoms with Crippen molar-refractivity contribution < 1.29 is 14.3 Å². The monoisotopic (exact) mass is 278 g/mol. The predicted octanol–water partition coefficient (Wildman–Crippen LogP) is 1.60. The van der Waals surface area contributed by atoms with E-state index in [-0.39, 0.29) is 6.10 Å². The Kier molecular flexibility index (Phi) is 3.54. The van der Waals surface area contributed by atoms with Gasteiger partial charge in [0.1, 0.15) is 0 Å². The minimum absolute atomic E-state index is 0.284. The molecule has 0 aromatic heterocycles. The smallest absolute Gasteiger partial charge is 0.296 e. The second-order valence-corrected chi connectivity index (χ2v) is 5.54.